The Morgan fingerprint density at radius 2 is 2.08 bits per heavy atom. The van der Waals surface area contributed by atoms with E-state index < -0.39 is 16.6 Å². The molecule has 1 fully saturated rings. The molecule has 0 saturated heterocycles. The zero-order valence-electron chi connectivity index (χ0n) is 20.1. The van der Waals surface area contributed by atoms with Crippen molar-refractivity contribution in [1.82, 2.24) is 25.2 Å². The van der Waals surface area contributed by atoms with Crippen molar-refractivity contribution < 1.29 is 23.6 Å². The molecule has 1 amide bonds. The Kier molecular flexibility index (Phi) is 9.09. The summed E-state index contributed by atoms with van der Waals surface area (Å²) in [6.07, 6.45) is 5.74. The monoisotopic (exact) mass is 531 g/mol. The molecule has 0 radical (unpaired) electrons. The summed E-state index contributed by atoms with van der Waals surface area (Å²) in [4.78, 5) is 28.4. The number of methoxy groups -OCH3 is 1. The number of anilines is 1. The summed E-state index contributed by atoms with van der Waals surface area (Å²) < 4.78 is 26.7. The van der Waals surface area contributed by atoms with E-state index >= 15 is 0 Å². The SMILES string of the molecule is COCCOCCn1nnnc1Sc1ccc([N+](=O)[O-])cc1C(=O)Nc1ncc(C2CCCC2)cc1F. The predicted octanol–water partition coefficient (Wildman–Crippen LogP) is 3.84. The molecule has 37 heavy (non-hydrogen) atoms. The first-order chi connectivity index (χ1) is 18.0. The second kappa shape index (κ2) is 12.7. The molecule has 1 aliphatic carbocycles. The minimum atomic E-state index is -0.742. The third-order valence-corrected chi connectivity index (χ3v) is 6.97. The molecule has 0 unspecified atom stereocenters. The van der Waals surface area contributed by atoms with Crippen molar-refractivity contribution in [3.05, 3.63) is 57.5 Å². The van der Waals surface area contributed by atoms with Crippen molar-refractivity contribution in [1.29, 1.82) is 0 Å². The Balaban J connectivity index is 1.52. The lowest BCUT2D eigenvalue weighted by molar-refractivity contribution is -0.384. The number of tetrazole rings is 1. The minimum Gasteiger partial charge on any atom is -0.382 e. The van der Waals surface area contributed by atoms with Crippen LogP contribution in [0.15, 0.2) is 40.5 Å². The van der Waals surface area contributed by atoms with Gasteiger partial charge < -0.3 is 14.8 Å². The topological polar surface area (TPSA) is 147 Å². The van der Waals surface area contributed by atoms with Crippen molar-refractivity contribution in [2.24, 2.45) is 0 Å². The number of hydrogen-bond acceptors (Lipinski definition) is 10. The average Bonchev–Trinajstić information content (AvgIpc) is 3.58. The third-order valence-electron chi connectivity index (χ3n) is 5.92. The van der Waals surface area contributed by atoms with Gasteiger partial charge >= 0.3 is 0 Å². The molecule has 3 aromatic rings. The lowest BCUT2D eigenvalue weighted by Crippen LogP contribution is -2.16. The maximum Gasteiger partial charge on any atom is 0.270 e. The van der Waals surface area contributed by atoms with Crippen LogP contribution in [0, 0.1) is 15.9 Å². The molecule has 2 aromatic heterocycles. The fourth-order valence-corrected chi connectivity index (χ4v) is 4.91. The van der Waals surface area contributed by atoms with E-state index in [1.165, 1.54) is 22.9 Å². The van der Waals surface area contributed by atoms with Gasteiger partial charge in [-0.1, -0.05) is 12.8 Å². The molecule has 1 aromatic carbocycles. The van der Waals surface area contributed by atoms with Crippen LogP contribution in [0.5, 0.6) is 0 Å². The van der Waals surface area contributed by atoms with Crippen LogP contribution < -0.4 is 5.32 Å². The molecule has 1 saturated carbocycles. The van der Waals surface area contributed by atoms with Gasteiger partial charge in [-0.15, -0.1) is 5.10 Å². The van der Waals surface area contributed by atoms with Gasteiger partial charge in [-0.3, -0.25) is 14.9 Å². The number of nitrogens with one attached hydrogen (secondary N) is 1. The Hall–Kier alpha value is -3.49. The maximum absolute atomic E-state index is 14.8. The fraction of sp³-hybridized carbons (Fsp3) is 0.435. The molecule has 1 N–H and O–H groups in total. The van der Waals surface area contributed by atoms with E-state index in [0.717, 1.165) is 49.1 Å². The highest BCUT2D eigenvalue weighted by molar-refractivity contribution is 7.99. The van der Waals surface area contributed by atoms with Crippen LogP contribution >= 0.6 is 11.8 Å². The van der Waals surface area contributed by atoms with Crippen molar-refractivity contribution in [2.45, 2.75) is 48.2 Å². The minimum absolute atomic E-state index is 0.0360. The molecule has 0 bridgehead atoms. The van der Waals surface area contributed by atoms with Crippen molar-refractivity contribution in [2.75, 3.05) is 32.2 Å². The van der Waals surface area contributed by atoms with Gasteiger partial charge in [-0.25, -0.2) is 14.1 Å². The van der Waals surface area contributed by atoms with Crippen LogP contribution in [0.4, 0.5) is 15.9 Å². The normalized spacial score (nSPS) is 13.7. The van der Waals surface area contributed by atoms with E-state index in [4.69, 9.17) is 9.47 Å². The van der Waals surface area contributed by atoms with Gasteiger partial charge in [0.15, 0.2) is 11.6 Å². The van der Waals surface area contributed by atoms with Crippen LogP contribution in [-0.4, -0.2) is 63.0 Å². The van der Waals surface area contributed by atoms with Gasteiger partial charge in [-0.2, -0.15) is 0 Å². The van der Waals surface area contributed by atoms with Crippen LogP contribution in [0.2, 0.25) is 0 Å². The summed E-state index contributed by atoms with van der Waals surface area (Å²) in [6.45, 7) is 1.55. The molecule has 0 aliphatic heterocycles. The third kappa shape index (κ3) is 6.84. The Morgan fingerprint density at radius 3 is 2.81 bits per heavy atom. The first-order valence-corrected chi connectivity index (χ1v) is 12.5. The zero-order chi connectivity index (χ0) is 26.2. The maximum atomic E-state index is 14.8. The number of amides is 1. The van der Waals surface area contributed by atoms with E-state index in [-0.39, 0.29) is 23.0 Å². The average molecular weight is 532 g/mol. The van der Waals surface area contributed by atoms with Crippen LogP contribution in [-0.2, 0) is 16.0 Å². The van der Waals surface area contributed by atoms with E-state index in [1.807, 2.05) is 0 Å². The number of nitro benzene ring substituents is 1. The molecule has 12 nitrogen and oxygen atoms in total. The number of nitro groups is 1. The number of hydrogen-bond donors (Lipinski definition) is 1. The first kappa shape index (κ1) is 26.6. The number of nitrogens with zero attached hydrogens (tertiary/aromatic N) is 6. The number of benzene rings is 1. The number of non-ortho nitro benzene ring substituents is 1. The standard InChI is InChI=1S/C23H26FN7O5S/c1-35-10-11-36-9-8-30-23(27-28-29-30)37-20-7-6-17(31(33)34)13-18(20)22(32)26-21-19(24)12-16(14-25-21)15-4-2-3-5-15/h6-7,12-15H,2-5,8-11H2,1H3,(H,25,26,32). The number of ether oxygens (including phenoxy) is 2. The molecule has 14 heteroatoms. The predicted molar refractivity (Wildman–Crippen MR) is 131 cm³/mol. The number of halogens is 1. The second-order valence-corrected chi connectivity index (χ2v) is 9.37. The van der Waals surface area contributed by atoms with Crippen molar-refractivity contribution in [3.8, 4) is 0 Å². The highest BCUT2D eigenvalue weighted by Gasteiger charge is 2.23. The highest BCUT2D eigenvalue weighted by Crippen LogP contribution is 2.35. The van der Waals surface area contributed by atoms with Crippen molar-refractivity contribution in [3.63, 3.8) is 0 Å². The van der Waals surface area contributed by atoms with Crippen molar-refractivity contribution >= 4 is 29.2 Å². The Morgan fingerprint density at radius 1 is 1.27 bits per heavy atom. The molecular formula is C23H26FN7O5S. The molecule has 1 aliphatic rings. The molecule has 4 rings (SSSR count). The summed E-state index contributed by atoms with van der Waals surface area (Å²) in [5.74, 6) is -1.38. The molecular weight excluding hydrogens is 505 g/mol. The fourth-order valence-electron chi connectivity index (χ4n) is 4.00. The summed E-state index contributed by atoms with van der Waals surface area (Å²) in [5, 5.41) is 25.7. The van der Waals surface area contributed by atoms with Gasteiger partial charge in [0.05, 0.1) is 36.9 Å². The Bertz CT molecular complexity index is 1250. The number of pyridine rings is 1. The van der Waals surface area contributed by atoms with Crippen LogP contribution in [0.25, 0.3) is 0 Å². The Labute approximate surface area is 216 Å². The number of carbonyl (C=O) groups is 1. The summed E-state index contributed by atoms with van der Waals surface area (Å²) in [7, 11) is 1.58. The first-order valence-electron chi connectivity index (χ1n) is 11.7. The lowest BCUT2D eigenvalue weighted by atomic mass is 9.99. The van der Waals surface area contributed by atoms with E-state index in [9.17, 15) is 19.3 Å². The molecule has 0 atom stereocenters. The van der Waals surface area contributed by atoms with E-state index in [0.29, 0.717) is 36.4 Å². The largest absolute Gasteiger partial charge is 0.382 e. The summed E-state index contributed by atoms with van der Waals surface area (Å²) in [5.41, 5.74) is 0.481. The van der Waals surface area contributed by atoms with Gasteiger partial charge in [0.1, 0.15) is 0 Å². The van der Waals surface area contributed by atoms with Gasteiger partial charge in [0.25, 0.3) is 11.6 Å². The number of rotatable bonds is 12. The van der Waals surface area contributed by atoms with Crippen LogP contribution in [0.3, 0.4) is 0 Å². The molecule has 196 valence electrons. The molecule has 0 spiro atoms. The molecule has 2 heterocycles. The van der Waals surface area contributed by atoms with Crippen LogP contribution in [0.1, 0.15) is 47.5 Å². The lowest BCUT2D eigenvalue weighted by Gasteiger charge is -2.12. The number of aromatic nitrogens is 5. The summed E-state index contributed by atoms with van der Waals surface area (Å²) in [6, 6.07) is 5.23. The van der Waals surface area contributed by atoms with Gasteiger partial charge in [0, 0.05) is 30.3 Å². The van der Waals surface area contributed by atoms with Gasteiger partial charge in [-0.05, 0) is 58.6 Å². The number of carbonyl (C=O) groups excluding carboxylic acids is 1. The second-order valence-electron chi connectivity index (χ2n) is 8.36. The zero-order valence-corrected chi connectivity index (χ0v) is 20.9. The smallest absolute Gasteiger partial charge is 0.270 e. The highest BCUT2D eigenvalue weighted by atomic mass is 32.2. The van der Waals surface area contributed by atoms with E-state index in [2.05, 4.69) is 25.8 Å². The quantitative estimate of drug-likeness (QED) is 0.208. The summed E-state index contributed by atoms with van der Waals surface area (Å²) >= 11 is 1.05. The van der Waals surface area contributed by atoms with E-state index in [1.54, 1.807) is 13.3 Å². The van der Waals surface area contributed by atoms with Gasteiger partial charge in [0.2, 0.25) is 5.16 Å².